The Labute approximate surface area is 232 Å². The highest BCUT2D eigenvalue weighted by Gasteiger charge is 2.53. The number of carbonyl (C=O) groups excluding carboxylic acids is 2. The van der Waals surface area contributed by atoms with Crippen LogP contribution >= 0.6 is 11.3 Å². The van der Waals surface area contributed by atoms with Gasteiger partial charge in [-0.2, -0.15) is 0 Å². The van der Waals surface area contributed by atoms with Crippen LogP contribution in [0.3, 0.4) is 0 Å². The van der Waals surface area contributed by atoms with Crippen molar-refractivity contribution < 1.29 is 32.3 Å². The molecular weight excluding hydrogens is 542 g/mol. The molecule has 4 rings (SSSR count). The summed E-state index contributed by atoms with van der Waals surface area (Å²) in [7, 11) is -2.29. The second-order valence-corrected chi connectivity index (χ2v) is 12.7. The van der Waals surface area contributed by atoms with Gasteiger partial charge in [0.25, 0.3) is 5.91 Å². The average Bonchev–Trinajstić information content (AvgIpc) is 3.39. The highest BCUT2D eigenvalue weighted by atomic mass is 32.2. The molecule has 12 heteroatoms. The van der Waals surface area contributed by atoms with Crippen LogP contribution in [-0.2, 0) is 33.2 Å². The van der Waals surface area contributed by atoms with Gasteiger partial charge in [0.15, 0.2) is 0 Å². The summed E-state index contributed by atoms with van der Waals surface area (Å²) in [6.07, 6.45) is 4.47. The number of aliphatic hydroxyl groups is 1. The van der Waals surface area contributed by atoms with E-state index in [-0.39, 0.29) is 36.9 Å². The number of aliphatic hydroxyl groups excluding tert-OH is 1. The van der Waals surface area contributed by atoms with E-state index < -0.39 is 21.3 Å². The van der Waals surface area contributed by atoms with Gasteiger partial charge in [-0.3, -0.25) is 9.59 Å². The molecule has 1 saturated carbocycles. The van der Waals surface area contributed by atoms with E-state index in [9.17, 15) is 18.0 Å². The molecule has 0 spiro atoms. The molecule has 2 N–H and O–H groups in total. The number of rotatable bonds is 14. The second kappa shape index (κ2) is 12.3. The number of thiazole rings is 1. The number of aromatic nitrogens is 1. The molecule has 3 aromatic rings. The molecule has 1 aromatic carbocycles. The Bertz CT molecular complexity index is 1380. The Kier molecular flexibility index (Phi) is 9.08. The van der Waals surface area contributed by atoms with Crippen molar-refractivity contribution in [2.75, 3.05) is 26.0 Å². The summed E-state index contributed by atoms with van der Waals surface area (Å²) in [5, 5.41) is 9.44. The van der Waals surface area contributed by atoms with Crippen LogP contribution in [0.2, 0.25) is 0 Å². The summed E-state index contributed by atoms with van der Waals surface area (Å²) in [6.45, 7) is 2.06. The van der Waals surface area contributed by atoms with Crippen LogP contribution in [0, 0.1) is 6.92 Å². The zero-order valence-electron chi connectivity index (χ0n) is 22.0. The molecule has 2 heterocycles. The lowest BCUT2D eigenvalue weighted by molar-refractivity contribution is -0.134. The summed E-state index contributed by atoms with van der Waals surface area (Å²) >= 11 is 1.26. The van der Waals surface area contributed by atoms with Crippen molar-refractivity contribution in [3.05, 3.63) is 69.6 Å². The van der Waals surface area contributed by atoms with Crippen LogP contribution in [0.5, 0.6) is 5.75 Å². The van der Waals surface area contributed by atoms with Crippen LogP contribution < -0.4 is 9.46 Å². The van der Waals surface area contributed by atoms with Crippen molar-refractivity contribution in [2.24, 2.45) is 0 Å². The molecule has 0 atom stereocenters. The third-order valence-electron chi connectivity index (χ3n) is 6.72. The minimum atomic E-state index is -3.89. The molecule has 0 saturated heterocycles. The van der Waals surface area contributed by atoms with Gasteiger partial charge in [-0.1, -0.05) is 12.1 Å². The zero-order valence-corrected chi connectivity index (χ0v) is 23.6. The third kappa shape index (κ3) is 7.06. The van der Waals surface area contributed by atoms with E-state index in [2.05, 4.69) is 4.98 Å². The van der Waals surface area contributed by atoms with Crippen LogP contribution in [-0.4, -0.2) is 61.2 Å². The molecule has 1 fully saturated rings. The van der Waals surface area contributed by atoms with E-state index in [4.69, 9.17) is 14.3 Å². The third-order valence-corrected chi connectivity index (χ3v) is 9.00. The minimum Gasteiger partial charge on any atom is -0.497 e. The Hall–Kier alpha value is -3.22. The molecule has 210 valence electrons. The van der Waals surface area contributed by atoms with E-state index in [1.807, 2.05) is 41.1 Å². The summed E-state index contributed by atoms with van der Waals surface area (Å²) < 4.78 is 37.0. The normalized spacial score (nSPS) is 14.1. The predicted octanol–water partition coefficient (Wildman–Crippen LogP) is 3.19. The van der Waals surface area contributed by atoms with Crippen molar-refractivity contribution in [3.8, 4) is 5.75 Å². The van der Waals surface area contributed by atoms with E-state index in [0.29, 0.717) is 29.3 Å². The highest BCUT2D eigenvalue weighted by molar-refractivity contribution is 7.90. The van der Waals surface area contributed by atoms with Gasteiger partial charge in [-0.05, 0) is 62.4 Å². The number of aryl methyl sites for hydroxylation is 2. The Balaban J connectivity index is 1.52. The van der Waals surface area contributed by atoms with Gasteiger partial charge in [0.2, 0.25) is 15.9 Å². The standard InChI is InChI=1S/C27H33N3O7S2/c1-19-24(25(32)29-39(34,35)17-5-15-31)28-23(38-19)18-30(14-3-6-22-7-4-16-37-22)26(33)27(12-13-27)20-8-10-21(36-2)11-9-20/h4,7-11,16,31H,3,5-6,12-15,17-18H2,1-2H3,(H,29,32). The van der Waals surface area contributed by atoms with Crippen molar-refractivity contribution in [1.29, 1.82) is 0 Å². The van der Waals surface area contributed by atoms with Crippen LogP contribution in [0.4, 0.5) is 0 Å². The van der Waals surface area contributed by atoms with Gasteiger partial charge >= 0.3 is 0 Å². The summed E-state index contributed by atoms with van der Waals surface area (Å²) in [6, 6.07) is 11.3. The molecule has 0 radical (unpaired) electrons. The molecule has 0 unspecified atom stereocenters. The number of methoxy groups -OCH3 is 1. The maximum atomic E-state index is 14.0. The number of nitrogens with zero attached hydrogens (tertiary/aromatic N) is 2. The molecule has 1 aliphatic rings. The molecular formula is C27H33N3O7S2. The summed E-state index contributed by atoms with van der Waals surface area (Å²) in [5.74, 6) is 0.374. The Morgan fingerprint density at radius 2 is 1.95 bits per heavy atom. The minimum absolute atomic E-state index is 0.00227. The van der Waals surface area contributed by atoms with Gasteiger partial charge in [0.1, 0.15) is 22.2 Å². The number of hydrogen-bond donors (Lipinski definition) is 2. The van der Waals surface area contributed by atoms with Crippen LogP contribution in [0.1, 0.15) is 57.4 Å². The second-order valence-electron chi connectivity index (χ2n) is 9.56. The Morgan fingerprint density at radius 1 is 1.21 bits per heavy atom. The molecule has 2 aromatic heterocycles. The average molecular weight is 576 g/mol. The lowest BCUT2D eigenvalue weighted by atomic mass is 9.94. The zero-order chi connectivity index (χ0) is 28.0. The number of nitrogens with one attached hydrogen (secondary N) is 1. The first-order valence-electron chi connectivity index (χ1n) is 12.8. The molecule has 39 heavy (non-hydrogen) atoms. The largest absolute Gasteiger partial charge is 0.497 e. The lowest BCUT2D eigenvalue weighted by Gasteiger charge is -2.27. The number of amides is 2. The number of hydrogen-bond acceptors (Lipinski definition) is 9. The first kappa shape index (κ1) is 28.8. The number of carbonyl (C=O) groups is 2. The van der Waals surface area contributed by atoms with E-state index in [1.54, 1.807) is 25.2 Å². The predicted molar refractivity (Wildman–Crippen MR) is 146 cm³/mol. The maximum Gasteiger partial charge on any atom is 0.284 e. The van der Waals surface area contributed by atoms with Crippen LogP contribution in [0.25, 0.3) is 0 Å². The number of ether oxygens (including phenoxy) is 1. The number of sulfonamides is 1. The van der Waals surface area contributed by atoms with E-state index in [1.165, 1.54) is 11.3 Å². The topological polar surface area (TPSA) is 139 Å². The Morgan fingerprint density at radius 3 is 2.56 bits per heavy atom. The van der Waals surface area contributed by atoms with Gasteiger partial charge in [-0.15, -0.1) is 11.3 Å². The van der Waals surface area contributed by atoms with Crippen molar-refractivity contribution >= 4 is 33.2 Å². The smallest absolute Gasteiger partial charge is 0.284 e. The molecule has 10 nitrogen and oxygen atoms in total. The van der Waals surface area contributed by atoms with Crippen molar-refractivity contribution in [2.45, 2.75) is 51.0 Å². The first-order valence-corrected chi connectivity index (χ1v) is 15.2. The van der Waals surface area contributed by atoms with Gasteiger partial charge in [-0.25, -0.2) is 18.1 Å². The highest BCUT2D eigenvalue weighted by Crippen LogP contribution is 2.50. The molecule has 2 amide bonds. The van der Waals surface area contributed by atoms with E-state index in [0.717, 1.165) is 29.9 Å². The molecule has 1 aliphatic carbocycles. The van der Waals surface area contributed by atoms with Gasteiger partial charge < -0.3 is 19.2 Å². The number of benzene rings is 1. The molecule has 0 aliphatic heterocycles. The van der Waals surface area contributed by atoms with E-state index >= 15 is 0 Å². The first-order chi connectivity index (χ1) is 18.7. The SMILES string of the molecule is COc1ccc(C2(C(=O)N(CCCc3ccco3)Cc3nc(C(=O)NS(=O)(=O)CCCO)c(C)s3)CC2)cc1. The van der Waals surface area contributed by atoms with Crippen molar-refractivity contribution in [1.82, 2.24) is 14.6 Å². The summed E-state index contributed by atoms with van der Waals surface area (Å²) in [4.78, 5) is 33.4. The monoisotopic (exact) mass is 575 g/mol. The lowest BCUT2D eigenvalue weighted by Crippen LogP contribution is -2.39. The van der Waals surface area contributed by atoms with Gasteiger partial charge in [0.05, 0.1) is 31.1 Å². The fourth-order valence-corrected chi connectivity index (χ4v) is 6.44. The quantitative estimate of drug-likeness (QED) is 0.299. The fraction of sp³-hybridized carbons (Fsp3) is 0.444. The van der Waals surface area contributed by atoms with Crippen LogP contribution in [0.15, 0.2) is 47.1 Å². The van der Waals surface area contributed by atoms with Gasteiger partial charge in [0, 0.05) is 24.4 Å². The fourth-order valence-electron chi connectivity index (χ4n) is 4.50. The van der Waals surface area contributed by atoms with Crippen molar-refractivity contribution in [3.63, 3.8) is 0 Å². The number of furan rings is 1. The summed E-state index contributed by atoms with van der Waals surface area (Å²) in [5.41, 5.74) is 0.346. The maximum absolute atomic E-state index is 14.0. The molecule has 0 bridgehead atoms.